The van der Waals surface area contributed by atoms with Crippen LogP contribution in [0.2, 0.25) is 0 Å². The third-order valence-corrected chi connectivity index (χ3v) is 9.59. The second kappa shape index (κ2) is 9.60. The molecule has 1 fully saturated rings. The number of fused-ring (bicyclic) bond motifs is 3. The molecule has 0 radical (unpaired) electrons. The van der Waals surface area contributed by atoms with Crippen LogP contribution in [0.1, 0.15) is 68.7 Å². The molecule has 3 aromatic rings. The maximum absolute atomic E-state index is 13.5. The van der Waals surface area contributed by atoms with Gasteiger partial charge in [-0.3, -0.25) is 9.59 Å². The molecule has 2 atom stereocenters. The van der Waals surface area contributed by atoms with E-state index in [1.54, 1.807) is 13.3 Å². The predicted molar refractivity (Wildman–Crippen MR) is 144 cm³/mol. The predicted octanol–water partition coefficient (Wildman–Crippen LogP) is 5.00. The largest absolute Gasteiger partial charge is 0.496 e. The number of carbonyl (C=O) groups excluding carboxylic acids is 2. The molecule has 0 saturated carbocycles. The Hall–Kier alpha value is -3.19. The molecule has 3 aliphatic rings. The summed E-state index contributed by atoms with van der Waals surface area (Å²) in [7, 11) is 1.70. The van der Waals surface area contributed by atoms with Gasteiger partial charge in [-0.15, -0.1) is 11.3 Å². The van der Waals surface area contributed by atoms with Crippen molar-refractivity contribution < 1.29 is 14.3 Å². The molecule has 7 heteroatoms. The minimum absolute atomic E-state index is 0.00266. The van der Waals surface area contributed by atoms with Gasteiger partial charge in [0, 0.05) is 24.4 Å². The first-order chi connectivity index (χ1) is 18.0. The molecule has 37 heavy (non-hydrogen) atoms. The normalized spacial score (nSPS) is 21.8. The zero-order valence-electron chi connectivity index (χ0n) is 21.5. The Labute approximate surface area is 222 Å². The van der Waals surface area contributed by atoms with E-state index in [1.165, 1.54) is 33.6 Å². The summed E-state index contributed by atoms with van der Waals surface area (Å²) < 4.78 is 5.59. The quantitative estimate of drug-likeness (QED) is 0.531. The van der Waals surface area contributed by atoms with Gasteiger partial charge in [-0.1, -0.05) is 36.4 Å². The molecular formula is C30H33N3O3S. The highest BCUT2D eigenvalue weighted by atomic mass is 32.1. The van der Waals surface area contributed by atoms with E-state index < -0.39 is 0 Å². The summed E-state index contributed by atoms with van der Waals surface area (Å²) >= 11 is 1.46. The lowest BCUT2D eigenvalue weighted by atomic mass is 9.73. The van der Waals surface area contributed by atoms with Gasteiger partial charge in [-0.05, 0) is 73.8 Å². The Balaban J connectivity index is 1.16. The highest BCUT2D eigenvalue weighted by molar-refractivity contribution is 7.13. The van der Waals surface area contributed by atoms with Gasteiger partial charge in [0.15, 0.2) is 0 Å². The molecule has 2 heterocycles. The van der Waals surface area contributed by atoms with E-state index in [9.17, 15) is 9.59 Å². The van der Waals surface area contributed by atoms with Crippen molar-refractivity contribution in [3.63, 3.8) is 0 Å². The number of carbonyl (C=O) groups is 2. The number of hydrogen-bond donors (Lipinski definition) is 1. The number of nitrogens with zero attached hydrogens (tertiary/aromatic N) is 2. The molecule has 1 N–H and O–H groups in total. The van der Waals surface area contributed by atoms with Gasteiger partial charge < -0.3 is 15.0 Å². The maximum Gasteiger partial charge on any atom is 0.265 e. The fourth-order valence-electron chi connectivity index (χ4n) is 6.71. The summed E-state index contributed by atoms with van der Waals surface area (Å²) in [6.07, 6.45) is 6.90. The molecule has 192 valence electrons. The van der Waals surface area contributed by atoms with Crippen LogP contribution in [0, 0.1) is 12.8 Å². The highest BCUT2D eigenvalue weighted by Gasteiger charge is 2.46. The lowest BCUT2D eigenvalue weighted by Crippen LogP contribution is -2.44. The summed E-state index contributed by atoms with van der Waals surface area (Å²) in [5, 5.41) is 4.36. The molecule has 0 bridgehead atoms. The van der Waals surface area contributed by atoms with Crippen molar-refractivity contribution >= 4 is 23.2 Å². The van der Waals surface area contributed by atoms with E-state index >= 15 is 0 Å². The topological polar surface area (TPSA) is 71.5 Å². The average molecular weight is 516 g/mol. The van der Waals surface area contributed by atoms with Crippen LogP contribution >= 0.6 is 11.3 Å². The van der Waals surface area contributed by atoms with Gasteiger partial charge >= 0.3 is 0 Å². The van der Waals surface area contributed by atoms with E-state index in [2.05, 4.69) is 40.6 Å². The molecule has 2 unspecified atom stereocenters. The summed E-state index contributed by atoms with van der Waals surface area (Å²) in [5.41, 5.74) is 5.05. The van der Waals surface area contributed by atoms with Crippen molar-refractivity contribution in [3.05, 3.63) is 80.8 Å². The average Bonchev–Trinajstić information content (AvgIpc) is 3.49. The lowest BCUT2D eigenvalue weighted by Gasteiger charge is -2.40. The van der Waals surface area contributed by atoms with Crippen molar-refractivity contribution in [1.82, 2.24) is 15.2 Å². The second-order valence-electron chi connectivity index (χ2n) is 10.7. The summed E-state index contributed by atoms with van der Waals surface area (Å²) in [4.78, 5) is 33.5. The lowest BCUT2D eigenvalue weighted by molar-refractivity contribution is -0.126. The van der Waals surface area contributed by atoms with Gasteiger partial charge in [0.25, 0.3) is 5.91 Å². The first kappa shape index (κ1) is 24.2. The highest BCUT2D eigenvalue weighted by Crippen LogP contribution is 2.51. The zero-order valence-corrected chi connectivity index (χ0v) is 22.3. The third kappa shape index (κ3) is 4.33. The monoisotopic (exact) mass is 515 g/mol. The number of amides is 2. The van der Waals surface area contributed by atoms with Crippen LogP contribution in [0.25, 0.3) is 0 Å². The number of benzene rings is 2. The molecule has 1 aromatic heterocycles. The molecule has 6 rings (SSSR count). The molecule has 2 amide bonds. The number of nitrogens with one attached hydrogen (secondary N) is 1. The summed E-state index contributed by atoms with van der Waals surface area (Å²) in [5.74, 6) is 1.07. The fraction of sp³-hybridized carbons (Fsp3) is 0.433. The Morgan fingerprint density at radius 2 is 1.95 bits per heavy atom. The van der Waals surface area contributed by atoms with Crippen LogP contribution in [-0.4, -0.2) is 41.9 Å². The third-order valence-electron chi connectivity index (χ3n) is 8.69. The zero-order chi connectivity index (χ0) is 25.6. The van der Waals surface area contributed by atoms with Crippen molar-refractivity contribution in [2.45, 2.75) is 56.9 Å². The molecule has 2 aliphatic carbocycles. The van der Waals surface area contributed by atoms with Crippen LogP contribution in [-0.2, 0) is 23.1 Å². The fourth-order valence-corrected chi connectivity index (χ4v) is 7.46. The Morgan fingerprint density at radius 1 is 1.14 bits per heavy atom. The summed E-state index contributed by atoms with van der Waals surface area (Å²) in [6, 6.07) is 14.8. The SMILES string of the molecule is COc1cccc2c1CC(C(=O)NC1CC3(CCN(C(=O)c4cnc(C)s4)CC3)c3ccccc31)CC2. The van der Waals surface area contributed by atoms with Crippen LogP contribution in [0.3, 0.4) is 0 Å². The number of rotatable bonds is 4. The molecule has 1 saturated heterocycles. The van der Waals surface area contributed by atoms with E-state index in [4.69, 9.17) is 4.74 Å². The minimum atomic E-state index is -0.0464. The number of hydrogen-bond acceptors (Lipinski definition) is 5. The van der Waals surface area contributed by atoms with E-state index in [-0.39, 0.29) is 29.2 Å². The van der Waals surface area contributed by atoms with Gasteiger partial charge in [0.05, 0.1) is 24.4 Å². The number of thiazole rings is 1. The number of aryl methyl sites for hydroxylation is 2. The number of piperidine rings is 1. The first-order valence-electron chi connectivity index (χ1n) is 13.2. The van der Waals surface area contributed by atoms with Gasteiger partial charge in [-0.25, -0.2) is 4.98 Å². The number of aromatic nitrogens is 1. The van der Waals surface area contributed by atoms with Crippen molar-refractivity contribution in [1.29, 1.82) is 0 Å². The molecule has 1 spiro atoms. The minimum Gasteiger partial charge on any atom is -0.496 e. The second-order valence-corrected chi connectivity index (χ2v) is 11.9. The Kier molecular flexibility index (Phi) is 6.27. The van der Waals surface area contributed by atoms with Crippen molar-refractivity contribution in [3.8, 4) is 5.75 Å². The van der Waals surface area contributed by atoms with E-state index in [1.807, 2.05) is 24.0 Å². The van der Waals surface area contributed by atoms with Gasteiger partial charge in [-0.2, -0.15) is 0 Å². The standard InChI is InChI=1S/C30H33N3O3S/c1-19-31-18-27(37-19)29(35)33-14-12-30(13-15-33)17-25(22-7-3-4-8-24(22)30)32-28(34)21-11-10-20-6-5-9-26(36-2)23(20)16-21/h3-9,18,21,25H,10-17H2,1-2H3,(H,32,34). The van der Waals surface area contributed by atoms with E-state index in [0.29, 0.717) is 0 Å². The van der Waals surface area contributed by atoms with Gasteiger partial charge in [0.2, 0.25) is 5.91 Å². The maximum atomic E-state index is 13.5. The van der Waals surface area contributed by atoms with Crippen LogP contribution in [0.4, 0.5) is 0 Å². The number of likely N-dealkylation sites (tertiary alicyclic amines) is 1. The van der Waals surface area contributed by atoms with E-state index in [0.717, 1.165) is 67.2 Å². The Bertz CT molecular complexity index is 1330. The summed E-state index contributed by atoms with van der Waals surface area (Å²) in [6.45, 7) is 3.38. The smallest absolute Gasteiger partial charge is 0.265 e. The Morgan fingerprint density at radius 3 is 2.70 bits per heavy atom. The van der Waals surface area contributed by atoms with Crippen molar-refractivity contribution in [2.75, 3.05) is 20.2 Å². The first-order valence-corrected chi connectivity index (χ1v) is 14.1. The number of ether oxygens (including phenoxy) is 1. The van der Waals surface area contributed by atoms with Crippen LogP contribution < -0.4 is 10.1 Å². The number of methoxy groups -OCH3 is 1. The van der Waals surface area contributed by atoms with Crippen molar-refractivity contribution in [2.24, 2.45) is 5.92 Å². The molecule has 2 aromatic carbocycles. The molecule has 6 nitrogen and oxygen atoms in total. The molecule has 1 aliphatic heterocycles. The van der Waals surface area contributed by atoms with Gasteiger partial charge in [0.1, 0.15) is 10.6 Å². The van der Waals surface area contributed by atoms with Crippen LogP contribution in [0.5, 0.6) is 5.75 Å². The van der Waals surface area contributed by atoms with Crippen LogP contribution in [0.15, 0.2) is 48.7 Å². The molecular weight excluding hydrogens is 482 g/mol.